The van der Waals surface area contributed by atoms with Crippen LogP contribution in [0.25, 0.3) is 10.9 Å². The third kappa shape index (κ3) is 4.64. The number of nitrogens with one attached hydrogen (secondary N) is 1. The summed E-state index contributed by atoms with van der Waals surface area (Å²) in [6.07, 6.45) is 0.459. The van der Waals surface area contributed by atoms with Crippen LogP contribution in [0.5, 0.6) is 0 Å². The highest BCUT2D eigenvalue weighted by Gasteiger charge is 2.24. The Bertz CT molecular complexity index is 1110. The molecular weight excluding hydrogens is 382 g/mol. The number of hydrogen-bond acceptors (Lipinski definition) is 4. The smallest absolute Gasteiger partial charge is 0.222 e. The molecule has 0 aliphatic rings. The summed E-state index contributed by atoms with van der Waals surface area (Å²) in [4.78, 5) is 8.87. The molecule has 0 aliphatic heterocycles. The first-order valence-corrected chi connectivity index (χ1v) is 10.5. The van der Waals surface area contributed by atoms with Crippen LogP contribution in [0.1, 0.15) is 37.6 Å². The molecule has 2 aromatic carbocycles. The Morgan fingerprint density at radius 2 is 1.78 bits per heavy atom. The van der Waals surface area contributed by atoms with Crippen LogP contribution >= 0.6 is 11.6 Å². The summed E-state index contributed by atoms with van der Waals surface area (Å²) in [5.74, 6) is 0. The minimum atomic E-state index is -3.62. The topological polar surface area (TPSA) is 72.0 Å². The molecule has 0 spiro atoms. The highest BCUT2D eigenvalue weighted by Crippen LogP contribution is 2.24. The van der Waals surface area contributed by atoms with E-state index in [1.807, 2.05) is 57.2 Å². The second-order valence-electron chi connectivity index (χ2n) is 7.59. The number of para-hydroxylation sites is 1. The van der Waals surface area contributed by atoms with Crippen LogP contribution in [-0.4, -0.2) is 23.9 Å². The molecule has 7 heteroatoms. The van der Waals surface area contributed by atoms with Crippen molar-refractivity contribution in [3.63, 3.8) is 0 Å². The predicted molar refractivity (Wildman–Crippen MR) is 109 cm³/mol. The number of halogens is 1. The van der Waals surface area contributed by atoms with Gasteiger partial charge in [-0.15, -0.1) is 0 Å². The van der Waals surface area contributed by atoms with Crippen molar-refractivity contribution in [3.8, 4) is 0 Å². The summed E-state index contributed by atoms with van der Waals surface area (Å²) in [6, 6.07) is 13.1. The van der Waals surface area contributed by atoms with E-state index in [0.717, 1.165) is 22.2 Å². The minimum Gasteiger partial charge on any atom is -0.222 e. The maximum absolute atomic E-state index is 12.8. The highest BCUT2D eigenvalue weighted by molar-refractivity contribution is 7.89. The molecule has 27 heavy (non-hydrogen) atoms. The molecule has 1 heterocycles. The van der Waals surface area contributed by atoms with E-state index in [0.29, 0.717) is 12.0 Å². The number of fused-ring (bicyclic) bond motifs is 1. The Kier molecular flexibility index (Phi) is 5.25. The second-order valence-corrected chi connectivity index (χ2v) is 9.58. The van der Waals surface area contributed by atoms with Crippen LogP contribution in [0.3, 0.4) is 0 Å². The molecule has 5 nitrogen and oxygen atoms in total. The van der Waals surface area contributed by atoms with E-state index < -0.39 is 15.6 Å². The van der Waals surface area contributed by atoms with Crippen molar-refractivity contribution in [3.05, 3.63) is 64.6 Å². The van der Waals surface area contributed by atoms with Gasteiger partial charge in [0.05, 0.1) is 16.1 Å². The van der Waals surface area contributed by atoms with Gasteiger partial charge >= 0.3 is 0 Å². The number of nitrogens with zero attached hydrogens (tertiary/aromatic N) is 2. The Morgan fingerprint density at radius 3 is 2.48 bits per heavy atom. The van der Waals surface area contributed by atoms with Gasteiger partial charge in [0.25, 0.3) is 0 Å². The van der Waals surface area contributed by atoms with Crippen LogP contribution in [0.4, 0.5) is 0 Å². The lowest BCUT2D eigenvalue weighted by Crippen LogP contribution is -2.40. The molecule has 0 bridgehead atoms. The van der Waals surface area contributed by atoms with Crippen molar-refractivity contribution >= 4 is 32.5 Å². The molecule has 0 unspecified atom stereocenters. The molecular formula is C20H22ClN3O2S. The summed E-state index contributed by atoms with van der Waals surface area (Å²) in [5.41, 5.74) is 2.51. The zero-order chi connectivity index (χ0) is 19.8. The monoisotopic (exact) mass is 403 g/mol. The first-order chi connectivity index (χ1) is 12.5. The van der Waals surface area contributed by atoms with Crippen molar-refractivity contribution in [2.24, 2.45) is 0 Å². The van der Waals surface area contributed by atoms with E-state index in [1.54, 1.807) is 13.0 Å². The highest BCUT2D eigenvalue weighted by atomic mass is 35.5. The number of benzene rings is 2. The molecule has 0 amide bonds. The molecule has 0 atom stereocenters. The first kappa shape index (κ1) is 19.7. The van der Waals surface area contributed by atoms with Crippen molar-refractivity contribution in [2.75, 3.05) is 0 Å². The van der Waals surface area contributed by atoms with Crippen molar-refractivity contribution in [1.29, 1.82) is 0 Å². The Balaban J connectivity index is 2.03. The number of aromatic nitrogens is 2. The van der Waals surface area contributed by atoms with E-state index in [1.165, 1.54) is 0 Å². The van der Waals surface area contributed by atoms with Gasteiger partial charge in [-0.05, 0) is 62.6 Å². The minimum absolute atomic E-state index is 0.179. The van der Waals surface area contributed by atoms with E-state index in [4.69, 9.17) is 11.6 Å². The molecule has 0 saturated heterocycles. The van der Waals surface area contributed by atoms with Gasteiger partial charge in [-0.2, -0.15) is 0 Å². The predicted octanol–water partition coefficient (Wildman–Crippen LogP) is 4.26. The lowest BCUT2D eigenvalue weighted by molar-refractivity contribution is 0.491. The maximum atomic E-state index is 12.8. The second kappa shape index (κ2) is 7.19. The van der Waals surface area contributed by atoms with Gasteiger partial charge in [-0.3, -0.25) is 0 Å². The van der Waals surface area contributed by atoms with Gasteiger partial charge in [0.15, 0.2) is 0 Å². The van der Waals surface area contributed by atoms with E-state index in [9.17, 15) is 8.42 Å². The number of rotatable bonds is 4. The molecule has 0 aliphatic carbocycles. The summed E-state index contributed by atoms with van der Waals surface area (Å²) in [7, 11) is -3.62. The number of hydrogen-bond donors (Lipinski definition) is 1. The van der Waals surface area contributed by atoms with E-state index in [2.05, 4.69) is 14.7 Å². The third-order valence-electron chi connectivity index (χ3n) is 4.01. The maximum Gasteiger partial charge on any atom is 0.241 e. The average molecular weight is 404 g/mol. The quantitative estimate of drug-likeness (QED) is 0.660. The Morgan fingerprint density at radius 1 is 1.07 bits per heavy atom. The molecule has 0 saturated carbocycles. The Hall–Kier alpha value is -2.02. The fraction of sp³-hybridized carbons (Fsp3) is 0.300. The molecule has 1 N–H and O–H groups in total. The zero-order valence-electron chi connectivity index (χ0n) is 15.7. The SMILES string of the molecule is Cc1ccc(Cc2nc(Cl)nc3ccccc23)cc1S(=O)(=O)NC(C)(C)C. The Labute approximate surface area is 164 Å². The van der Waals surface area contributed by atoms with Crippen molar-refractivity contribution in [2.45, 2.75) is 44.6 Å². The van der Waals surface area contributed by atoms with Gasteiger partial charge in [0.1, 0.15) is 0 Å². The molecule has 1 aromatic heterocycles. The third-order valence-corrected chi connectivity index (χ3v) is 6.08. The lowest BCUT2D eigenvalue weighted by atomic mass is 10.0. The van der Waals surface area contributed by atoms with Gasteiger partial charge in [0, 0.05) is 17.3 Å². The molecule has 3 rings (SSSR count). The van der Waals surface area contributed by atoms with Crippen LogP contribution in [0.2, 0.25) is 5.28 Å². The number of aryl methyl sites for hydroxylation is 1. The van der Waals surface area contributed by atoms with E-state index >= 15 is 0 Å². The molecule has 0 radical (unpaired) electrons. The molecule has 0 fully saturated rings. The fourth-order valence-electron chi connectivity index (χ4n) is 2.94. The van der Waals surface area contributed by atoms with Crippen molar-refractivity contribution in [1.82, 2.24) is 14.7 Å². The first-order valence-electron chi connectivity index (χ1n) is 8.60. The zero-order valence-corrected chi connectivity index (χ0v) is 17.3. The van der Waals surface area contributed by atoms with Crippen molar-refractivity contribution < 1.29 is 8.42 Å². The van der Waals surface area contributed by atoms with Crippen LogP contribution in [0.15, 0.2) is 47.4 Å². The van der Waals surface area contributed by atoms with Gasteiger partial charge in [-0.25, -0.2) is 23.1 Å². The number of sulfonamides is 1. The summed E-state index contributed by atoms with van der Waals surface area (Å²) in [5, 5.41) is 1.08. The van der Waals surface area contributed by atoms with Gasteiger partial charge < -0.3 is 0 Å². The normalized spacial score (nSPS) is 12.5. The fourth-order valence-corrected chi connectivity index (χ4v) is 4.85. The van der Waals surface area contributed by atoms with E-state index in [-0.39, 0.29) is 10.2 Å². The van der Waals surface area contributed by atoms with Crippen LogP contribution in [-0.2, 0) is 16.4 Å². The lowest BCUT2D eigenvalue weighted by Gasteiger charge is -2.21. The molecule has 3 aromatic rings. The standard InChI is InChI=1S/C20H22ClN3O2S/c1-13-9-10-14(12-18(13)27(25,26)24-20(2,3)4)11-17-15-7-5-6-8-16(15)22-19(21)23-17/h5-10,12,24H,11H2,1-4H3. The van der Waals surface area contributed by atoms with Crippen LogP contribution < -0.4 is 4.72 Å². The van der Waals surface area contributed by atoms with Gasteiger partial charge in [-0.1, -0.05) is 30.3 Å². The van der Waals surface area contributed by atoms with Crippen LogP contribution in [0, 0.1) is 6.92 Å². The van der Waals surface area contributed by atoms with Gasteiger partial charge in [0.2, 0.25) is 15.3 Å². The summed E-state index contributed by atoms with van der Waals surface area (Å²) in [6.45, 7) is 7.24. The summed E-state index contributed by atoms with van der Waals surface area (Å²) >= 11 is 6.06. The molecule has 142 valence electrons. The largest absolute Gasteiger partial charge is 0.241 e. The summed E-state index contributed by atoms with van der Waals surface area (Å²) < 4.78 is 28.3. The average Bonchev–Trinajstić information content (AvgIpc) is 2.54.